The Bertz CT molecular complexity index is 280. The van der Waals surface area contributed by atoms with Crippen molar-refractivity contribution >= 4 is 11.6 Å². The highest BCUT2D eigenvalue weighted by Crippen LogP contribution is 2.23. The third kappa shape index (κ3) is 1.97. The average molecular weight is 182 g/mol. The molecule has 62 valence electrons. The molecule has 0 amide bonds. The fourth-order valence-corrected chi connectivity index (χ4v) is 1.09. The lowest BCUT2D eigenvalue weighted by atomic mass is 10.1. The quantitative estimate of drug-likeness (QED) is 0.559. The van der Waals surface area contributed by atoms with Gasteiger partial charge in [0, 0.05) is 0 Å². The molecule has 1 aromatic rings. The van der Waals surface area contributed by atoms with Crippen molar-refractivity contribution in [3.05, 3.63) is 35.9 Å². The number of aliphatic hydroxyl groups excluding tert-OH is 1. The third-order valence-corrected chi connectivity index (χ3v) is 2.02. The predicted octanol–water partition coefficient (Wildman–Crippen LogP) is 1.85. The first kappa shape index (κ1) is 9.05. The van der Waals surface area contributed by atoms with Gasteiger partial charge < -0.3 is 5.11 Å². The maximum absolute atomic E-state index is 9.09. The van der Waals surface area contributed by atoms with E-state index in [2.05, 4.69) is 0 Å². The smallest absolute Gasteiger partial charge is 0.160 e. The van der Waals surface area contributed by atoms with Crippen LogP contribution in [0.15, 0.2) is 30.3 Å². The molecule has 0 aromatic heterocycles. The van der Waals surface area contributed by atoms with E-state index in [0.717, 1.165) is 5.56 Å². The number of hydrogen-bond acceptors (Lipinski definition) is 2. The van der Waals surface area contributed by atoms with E-state index in [-0.39, 0.29) is 0 Å². The lowest BCUT2D eigenvalue weighted by molar-refractivity contribution is 0.225. The number of rotatable bonds is 2. The monoisotopic (exact) mass is 181 g/mol. The number of nitrogens with zero attached hydrogens (tertiary/aromatic N) is 1. The number of aliphatic hydroxyl groups is 1. The van der Waals surface area contributed by atoms with E-state index in [1.807, 2.05) is 18.2 Å². The Balaban J connectivity index is 2.80. The van der Waals surface area contributed by atoms with Crippen LogP contribution >= 0.6 is 11.6 Å². The Labute approximate surface area is 76.0 Å². The van der Waals surface area contributed by atoms with Gasteiger partial charge in [-0.05, 0) is 5.56 Å². The van der Waals surface area contributed by atoms with Crippen molar-refractivity contribution in [2.75, 3.05) is 0 Å². The maximum atomic E-state index is 9.09. The van der Waals surface area contributed by atoms with Gasteiger partial charge >= 0.3 is 0 Å². The molecule has 0 aliphatic rings. The van der Waals surface area contributed by atoms with Crippen LogP contribution in [0.4, 0.5) is 0 Å². The largest absolute Gasteiger partial charge is 0.376 e. The molecule has 0 spiro atoms. The number of hydrogen-bond donors (Lipinski definition) is 1. The zero-order chi connectivity index (χ0) is 8.97. The van der Waals surface area contributed by atoms with Crippen LogP contribution in [-0.2, 0) is 0 Å². The van der Waals surface area contributed by atoms with Gasteiger partial charge in [-0.15, -0.1) is 11.6 Å². The standard InChI is InChI=1S/C9H8ClNO/c10-9(8(12)6-11)7-4-2-1-3-5-7/h1-5,8-9,12H/t8-,9+/m0/s1. The van der Waals surface area contributed by atoms with Gasteiger partial charge in [-0.2, -0.15) is 5.26 Å². The number of benzene rings is 1. The summed E-state index contributed by atoms with van der Waals surface area (Å²) in [5, 5.41) is 16.8. The predicted molar refractivity (Wildman–Crippen MR) is 46.7 cm³/mol. The van der Waals surface area contributed by atoms with Crippen molar-refractivity contribution in [2.24, 2.45) is 0 Å². The van der Waals surface area contributed by atoms with Crippen LogP contribution in [0.1, 0.15) is 10.9 Å². The zero-order valence-electron chi connectivity index (χ0n) is 6.31. The topological polar surface area (TPSA) is 44.0 Å². The fraction of sp³-hybridized carbons (Fsp3) is 0.222. The minimum absolute atomic E-state index is 0.642. The van der Waals surface area contributed by atoms with Gasteiger partial charge in [0.05, 0.1) is 11.4 Å². The summed E-state index contributed by atoms with van der Waals surface area (Å²) in [5.74, 6) is 0. The van der Waals surface area contributed by atoms with E-state index < -0.39 is 11.5 Å². The lowest BCUT2D eigenvalue weighted by Crippen LogP contribution is -2.10. The third-order valence-electron chi connectivity index (χ3n) is 1.53. The molecule has 0 heterocycles. The molecule has 0 radical (unpaired) electrons. The molecule has 3 heteroatoms. The van der Waals surface area contributed by atoms with Gasteiger partial charge in [0.1, 0.15) is 0 Å². The molecule has 12 heavy (non-hydrogen) atoms. The highest BCUT2D eigenvalue weighted by molar-refractivity contribution is 6.21. The molecule has 1 rings (SSSR count). The van der Waals surface area contributed by atoms with Crippen LogP contribution in [0.25, 0.3) is 0 Å². The number of alkyl halides is 1. The van der Waals surface area contributed by atoms with Crippen molar-refractivity contribution in [1.29, 1.82) is 5.26 Å². The van der Waals surface area contributed by atoms with E-state index in [0.29, 0.717) is 0 Å². The van der Waals surface area contributed by atoms with Crippen LogP contribution in [0.3, 0.4) is 0 Å². The Hall–Kier alpha value is -1.04. The van der Waals surface area contributed by atoms with Crippen molar-refractivity contribution in [3.63, 3.8) is 0 Å². The molecule has 0 unspecified atom stereocenters. The van der Waals surface area contributed by atoms with Crippen LogP contribution < -0.4 is 0 Å². The van der Waals surface area contributed by atoms with Crippen molar-refractivity contribution in [1.82, 2.24) is 0 Å². The minimum atomic E-state index is -1.14. The van der Waals surface area contributed by atoms with Gasteiger partial charge in [0.2, 0.25) is 0 Å². The summed E-state index contributed by atoms with van der Waals surface area (Å²) >= 11 is 5.78. The maximum Gasteiger partial charge on any atom is 0.160 e. The molecule has 2 atom stereocenters. The van der Waals surface area contributed by atoms with E-state index in [4.69, 9.17) is 22.0 Å². The Morgan fingerprint density at radius 2 is 1.92 bits per heavy atom. The second-order valence-electron chi connectivity index (χ2n) is 2.39. The van der Waals surface area contributed by atoms with Crippen LogP contribution in [-0.4, -0.2) is 11.2 Å². The van der Waals surface area contributed by atoms with Gasteiger partial charge in [-0.3, -0.25) is 0 Å². The van der Waals surface area contributed by atoms with Crippen LogP contribution in [0, 0.1) is 11.3 Å². The summed E-state index contributed by atoms with van der Waals surface area (Å²) in [5.41, 5.74) is 0.758. The normalized spacial score (nSPS) is 14.8. The lowest BCUT2D eigenvalue weighted by Gasteiger charge is -2.09. The molecular weight excluding hydrogens is 174 g/mol. The molecule has 0 bridgehead atoms. The molecule has 0 aliphatic carbocycles. The first-order chi connectivity index (χ1) is 5.75. The highest BCUT2D eigenvalue weighted by Gasteiger charge is 2.16. The Morgan fingerprint density at radius 3 is 2.42 bits per heavy atom. The first-order valence-electron chi connectivity index (χ1n) is 3.52. The molecule has 0 aliphatic heterocycles. The van der Waals surface area contributed by atoms with Crippen molar-refractivity contribution in [2.45, 2.75) is 11.5 Å². The SMILES string of the molecule is N#C[C@H](O)[C@H](Cl)c1ccccc1. The molecule has 0 saturated heterocycles. The summed E-state index contributed by atoms with van der Waals surface area (Å²) in [6.45, 7) is 0. The Kier molecular flexibility index (Phi) is 3.09. The summed E-state index contributed by atoms with van der Waals surface area (Å²) < 4.78 is 0. The average Bonchev–Trinajstić information content (AvgIpc) is 2.17. The van der Waals surface area contributed by atoms with Gasteiger partial charge in [-0.1, -0.05) is 30.3 Å². The van der Waals surface area contributed by atoms with Crippen LogP contribution in [0.2, 0.25) is 0 Å². The van der Waals surface area contributed by atoms with Crippen molar-refractivity contribution in [3.8, 4) is 6.07 Å². The number of halogens is 1. The summed E-state index contributed by atoms with van der Waals surface area (Å²) in [4.78, 5) is 0. The van der Waals surface area contributed by atoms with Gasteiger partial charge in [0.15, 0.2) is 6.10 Å². The van der Waals surface area contributed by atoms with Crippen molar-refractivity contribution < 1.29 is 5.11 Å². The minimum Gasteiger partial charge on any atom is -0.376 e. The number of nitriles is 1. The fourth-order valence-electron chi connectivity index (χ4n) is 0.885. The highest BCUT2D eigenvalue weighted by atomic mass is 35.5. The summed E-state index contributed by atoms with van der Waals surface area (Å²) in [6, 6.07) is 10.7. The summed E-state index contributed by atoms with van der Waals surface area (Å²) in [6.07, 6.45) is -1.14. The second-order valence-corrected chi connectivity index (χ2v) is 2.86. The molecule has 0 saturated carbocycles. The van der Waals surface area contributed by atoms with Gasteiger partial charge in [-0.25, -0.2) is 0 Å². The van der Waals surface area contributed by atoms with Gasteiger partial charge in [0.25, 0.3) is 0 Å². The first-order valence-corrected chi connectivity index (χ1v) is 3.96. The molecule has 1 N–H and O–H groups in total. The Morgan fingerprint density at radius 1 is 1.33 bits per heavy atom. The second kappa shape index (κ2) is 4.10. The summed E-state index contributed by atoms with van der Waals surface area (Å²) in [7, 11) is 0. The molecule has 1 aromatic carbocycles. The molecule has 2 nitrogen and oxygen atoms in total. The van der Waals surface area contributed by atoms with E-state index >= 15 is 0 Å². The van der Waals surface area contributed by atoms with E-state index in [9.17, 15) is 0 Å². The van der Waals surface area contributed by atoms with E-state index in [1.165, 1.54) is 0 Å². The van der Waals surface area contributed by atoms with E-state index in [1.54, 1.807) is 18.2 Å². The molecular formula is C9H8ClNO. The molecule has 0 fully saturated rings. The zero-order valence-corrected chi connectivity index (χ0v) is 7.07. The van der Waals surface area contributed by atoms with Crippen LogP contribution in [0.5, 0.6) is 0 Å².